The second-order valence-electron chi connectivity index (χ2n) is 4.81. The molecule has 0 saturated heterocycles. The highest BCUT2D eigenvalue weighted by atomic mass is 16.5. The van der Waals surface area contributed by atoms with Crippen molar-refractivity contribution >= 4 is 0 Å². The van der Waals surface area contributed by atoms with Crippen molar-refractivity contribution < 1.29 is 4.74 Å². The van der Waals surface area contributed by atoms with E-state index in [1.807, 2.05) is 12.3 Å². The van der Waals surface area contributed by atoms with Crippen molar-refractivity contribution in [2.45, 2.75) is 44.2 Å². The van der Waals surface area contributed by atoms with E-state index in [4.69, 9.17) is 10.6 Å². The van der Waals surface area contributed by atoms with Crippen molar-refractivity contribution in [1.82, 2.24) is 10.4 Å². The van der Waals surface area contributed by atoms with E-state index in [0.717, 1.165) is 18.4 Å². The molecule has 0 amide bonds. The van der Waals surface area contributed by atoms with Crippen LogP contribution in [0.3, 0.4) is 0 Å². The van der Waals surface area contributed by atoms with Crippen molar-refractivity contribution in [1.29, 1.82) is 0 Å². The van der Waals surface area contributed by atoms with Crippen molar-refractivity contribution in [3.8, 4) is 0 Å². The van der Waals surface area contributed by atoms with Gasteiger partial charge in [0.15, 0.2) is 0 Å². The molecule has 0 aromatic carbocycles. The van der Waals surface area contributed by atoms with E-state index in [9.17, 15) is 0 Å². The lowest BCUT2D eigenvalue weighted by molar-refractivity contribution is -0.0371. The van der Waals surface area contributed by atoms with Gasteiger partial charge in [-0.25, -0.2) is 5.43 Å². The molecule has 0 aliphatic heterocycles. The molecular formula is C13H21N3O. The molecule has 1 aliphatic carbocycles. The molecular weight excluding hydrogens is 214 g/mol. The Hall–Kier alpha value is -0.970. The van der Waals surface area contributed by atoms with Crippen molar-refractivity contribution in [3.05, 3.63) is 29.6 Å². The van der Waals surface area contributed by atoms with Gasteiger partial charge in [0.05, 0.1) is 11.6 Å². The van der Waals surface area contributed by atoms with E-state index in [2.05, 4.69) is 17.3 Å². The summed E-state index contributed by atoms with van der Waals surface area (Å²) in [6.07, 6.45) is 8.19. The largest absolute Gasteiger partial charge is 0.376 e. The molecule has 2 rings (SSSR count). The molecule has 1 heterocycles. The average Bonchev–Trinajstić information content (AvgIpc) is 2.82. The summed E-state index contributed by atoms with van der Waals surface area (Å²) in [7, 11) is 1.78. The van der Waals surface area contributed by atoms with E-state index < -0.39 is 0 Å². The van der Waals surface area contributed by atoms with Crippen molar-refractivity contribution in [2.24, 2.45) is 5.84 Å². The highest BCUT2D eigenvalue weighted by Gasteiger charge is 2.42. The van der Waals surface area contributed by atoms with Crippen LogP contribution < -0.4 is 11.3 Å². The predicted molar refractivity (Wildman–Crippen MR) is 67.2 cm³/mol. The summed E-state index contributed by atoms with van der Waals surface area (Å²) in [4.78, 5) is 4.20. The number of rotatable bonds is 4. The molecule has 94 valence electrons. The van der Waals surface area contributed by atoms with Crippen LogP contribution in [-0.2, 0) is 4.74 Å². The van der Waals surface area contributed by atoms with E-state index >= 15 is 0 Å². The van der Waals surface area contributed by atoms with Gasteiger partial charge in [-0.2, -0.15) is 0 Å². The first-order valence-corrected chi connectivity index (χ1v) is 6.15. The molecule has 4 heteroatoms. The summed E-state index contributed by atoms with van der Waals surface area (Å²) in [5, 5.41) is 0. The van der Waals surface area contributed by atoms with Gasteiger partial charge in [0.1, 0.15) is 0 Å². The number of methoxy groups -OCH3 is 1. The van der Waals surface area contributed by atoms with Crippen LogP contribution in [0.2, 0.25) is 0 Å². The standard InChI is InChI=1S/C13H21N3O/c1-10-5-8-15-9-11(10)12(16-14)13(17-2)6-3-4-7-13/h5,8-9,12,16H,3-4,6-7,14H2,1-2H3. The van der Waals surface area contributed by atoms with Crippen LogP contribution in [0.5, 0.6) is 0 Å². The van der Waals surface area contributed by atoms with E-state index in [1.165, 1.54) is 18.4 Å². The predicted octanol–water partition coefficient (Wildman–Crippen LogP) is 1.85. The lowest BCUT2D eigenvalue weighted by atomic mass is 9.86. The Balaban J connectivity index is 2.36. The molecule has 3 N–H and O–H groups in total. The number of nitrogens with two attached hydrogens (primary N) is 1. The lowest BCUT2D eigenvalue weighted by Crippen LogP contribution is -2.46. The molecule has 1 aliphatic rings. The maximum Gasteiger partial charge on any atom is 0.0886 e. The van der Waals surface area contributed by atoms with Crippen LogP contribution in [-0.4, -0.2) is 17.7 Å². The Morgan fingerprint density at radius 3 is 2.71 bits per heavy atom. The smallest absolute Gasteiger partial charge is 0.0886 e. The topological polar surface area (TPSA) is 60.2 Å². The maximum atomic E-state index is 5.79. The summed E-state index contributed by atoms with van der Waals surface area (Å²) in [6.45, 7) is 2.08. The van der Waals surface area contributed by atoms with E-state index in [1.54, 1.807) is 13.3 Å². The average molecular weight is 235 g/mol. The van der Waals surface area contributed by atoms with Gasteiger partial charge in [-0.15, -0.1) is 0 Å². The van der Waals surface area contributed by atoms with Crippen LogP contribution in [0.1, 0.15) is 42.9 Å². The monoisotopic (exact) mass is 235 g/mol. The number of nitrogens with one attached hydrogen (secondary N) is 1. The Morgan fingerprint density at radius 1 is 1.47 bits per heavy atom. The SMILES string of the molecule is COC1(C(NN)c2cnccc2C)CCCC1. The minimum absolute atomic E-state index is 0.0173. The molecule has 1 saturated carbocycles. The number of nitrogens with zero attached hydrogens (tertiary/aromatic N) is 1. The Labute approximate surface area is 103 Å². The van der Waals surface area contributed by atoms with E-state index in [0.29, 0.717) is 0 Å². The van der Waals surface area contributed by atoms with E-state index in [-0.39, 0.29) is 11.6 Å². The van der Waals surface area contributed by atoms with Gasteiger partial charge >= 0.3 is 0 Å². The summed E-state index contributed by atoms with van der Waals surface area (Å²) >= 11 is 0. The molecule has 0 bridgehead atoms. The van der Waals surface area contributed by atoms with Gasteiger partial charge in [0.25, 0.3) is 0 Å². The van der Waals surface area contributed by atoms with Crippen molar-refractivity contribution in [3.63, 3.8) is 0 Å². The molecule has 4 nitrogen and oxygen atoms in total. The number of ether oxygens (including phenoxy) is 1. The minimum atomic E-state index is -0.178. The Bertz CT molecular complexity index is 375. The van der Waals surface area contributed by atoms with Crippen LogP contribution in [0.25, 0.3) is 0 Å². The molecule has 0 spiro atoms. The molecule has 1 aromatic heterocycles. The molecule has 1 atom stereocenters. The third kappa shape index (κ3) is 2.20. The third-order valence-electron chi connectivity index (χ3n) is 3.94. The highest BCUT2D eigenvalue weighted by molar-refractivity contribution is 5.28. The second-order valence-corrected chi connectivity index (χ2v) is 4.81. The maximum absolute atomic E-state index is 5.79. The fourth-order valence-electron chi connectivity index (χ4n) is 2.89. The molecule has 1 aromatic rings. The third-order valence-corrected chi connectivity index (χ3v) is 3.94. The zero-order chi connectivity index (χ0) is 12.3. The fourth-order valence-corrected chi connectivity index (χ4v) is 2.89. The van der Waals surface area contributed by atoms with Gasteiger partial charge in [0.2, 0.25) is 0 Å². The van der Waals surface area contributed by atoms with Gasteiger partial charge in [-0.05, 0) is 37.0 Å². The summed E-state index contributed by atoms with van der Waals surface area (Å²) < 4.78 is 5.79. The minimum Gasteiger partial charge on any atom is -0.376 e. The number of hydrogen-bond acceptors (Lipinski definition) is 4. The van der Waals surface area contributed by atoms with Crippen LogP contribution >= 0.6 is 0 Å². The Kier molecular flexibility index (Phi) is 3.76. The van der Waals surface area contributed by atoms with Crippen molar-refractivity contribution in [2.75, 3.05) is 7.11 Å². The number of aromatic nitrogens is 1. The quantitative estimate of drug-likeness (QED) is 0.617. The zero-order valence-electron chi connectivity index (χ0n) is 10.6. The molecule has 17 heavy (non-hydrogen) atoms. The Morgan fingerprint density at radius 2 is 2.18 bits per heavy atom. The molecule has 1 fully saturated rings. The van der Waals surface area contributed by atoms with Crippen LogP contribution in [0.15, 0.2) is 18.5 Å². The number of hydrogen-bond donors (Lipinski definition) is 2. The highest BCUT2D eigenvalue weighted by Crippen LogP contribution is 2.42. The second kappa shape index (κ2) is 5.12. The van der Waals surface area contributed by atoms with Crippen LogP contribution in [0, 0.1) is 6.92 Å². The number of pyridine rings is 1. The first kappa shape index (κ1) is 12.5. The summed E-state index contributed by atoms with van der Waals surface area (Å²) in [5.41, 5.74) is 5.09. The molecule has 1 unspecified atom stereocenters. The molecule has 0 radical (unpaired) electrons. The van der Waals surface area contributed by atoms with Gasteiger partial charge in [-0.3, -0.25) is 10.8 Å². The normalized spacial score (nSPS) is 20.4. The van der Waals surface area contributed by atoms with Gasteiger partial charge in [0, 0.05) is 19.5 Å². The summed E-state index contributed by atoms with van der Waals surface area (Å²) in [6, 6.07) is 2.03. The number of hydrazine groups is 1. The first-order valence-electron chi connectivity index (χ1n) is 6.15. The fraction of sp³-hybridized carbons (Fsp3) is 0.615. The van der Waals surface area contributed by atoms with Gasteiger partial charge in [-0.1, -0.05) is 12.8 Å². The summed E-state index contributed by atoms with van der Waals surface area (Å²) in [5.74, 6) is 5.76. The number of aryl methyl sites for hydroxylation is 1. The first-order chi connectivity index (χ1) is 8.23. The lowest BCUT2D eigenvalue weighted by Gasteiger charge is -2.36. The van der Waals surface area contributed by atoms with Crippen LogP contribution in [0.4, 0.5) is 0 Å². The zero-order valence-corrected chi connectivity index (χ0v) is 10.6. The van der Waals surface area contributed by atoms with Gasteiger partial charge < -0.3 is 4.74 Å².